The summed E-state index contributed by atoms with van der Waals surface area (Å²) in [5, 5.41) is 20.3. The van der Waals surface area contributed by atoms with Crippen LogP contribution in [0.25, 0.3) is 11.1 Å². The molecule has 2 aromatic rings. The third-order valence-electron chi connectivity index (χ3n) is 3.19. The highest BCUT2D eigenvalue weighted by molar-refractivity contribution is 7.10. The standard InChI is InChI=1S/C15H13ClN2O2S.ClH/c16-14-2-1-9(10(6-17)5-15(19)20)4-13(14)11-3-12(7-18)21-8-11;/h1-4,8,10H,5-6,17H2,(H,19,20);1H/t10-;/m0./s1. The summed E-state index contributed by atoms with van der Waals surface area (Å²) in [5.74, 6) is -1.14. The smallest absolute Gasteiger partial charge is 0.304 e. The molecular formula is C15H14Cl2N2O2S. The van der Waals surface area contributed by atoms with Crippen LogP contribution in [0.1, 0.15) is 22.8 Å². The van der Waals surface area contributed by atoms with Gasteiger partial charge in [0.25, 0.3) is 0 Å². The summed E-state index contributed by atoms with van der Waals surface area (Å²) < 4.78 is 0. The van der Waals surface area contributed by atoms with Gasteiger partial charge in [-0.2, -0.15) is 5.26 Å². The number of nitrogens with zero attached hydrogens (tertiary/aromatic N) is 1. The Hall–Kier alpha value is -1.58. The van der Waals surface area contributed by atoms with Gasteiger partial charge in [-0.25, -0.2) is 0 Å². The predicted molar refractivity (Wildman–Crippen MR) is 90.8 cm³/mol. The molecule has 2 rings (SSSR count). The third kappa shape index (κ3) is 4.21. The monoisotopic (exact) mass is 356 g/mol. The molecule has 1 aromatic heterocycles. The van der Waals surface area contributed by atoms with E-state index in [2.05, 4.69) is 6.07 Å². The van der Waals surface area contributed by atoms with Crippen LogP contribution in [0.2, 0.25) is 5.02 Å². The predicted octanol–water partition coefficient (Wildman–Crippen LogP) is 3.88. The number of nitriles is 1. The fourth-order valence-corrected chi connectivity index (χ4v) is 3.03. The van der Waals surface area contributed by atoms with Crippen molar-refractivity contribution in [1.29, 1.82) is 5.26 Å². The van der Waals surface area contributed by atoms with Gasteiger partial charge in [0, 0.05) is 16.5 Å². The molecule has 116 valence electrons. The molecule has 0 amide bonds. The zero-order chi connectivity index (χ0) is 15.4. The first-order valence-electron chi connectivity index (χ1n) is 6.25. The summed E-state index contributed by atoms with van der Waals surface area (Å²) in [6, 6.07) is 9.24. The molecule has 1 aromatic carbocycles. The number of carbonyl (C=O) groups is 1. The van der Waals surface area contributed by atoms with Crippen LogP contribution in [0, 0.1) is 11.3 Å². The molecule has 22 heavy (non-hydrogen) atoms. The van der Waals surface area contributed by atoms with Gasteiger partial charge in [-0.1, -0.05) is 17.7 Å². The Balaban J connectivity index is 0.00000242. The van der Waals surface area contributed by atoms with Gasteiger partial charge in [0.1, 0.15) is 10.9 Å². The average Bonchev–Trinajstić information content (AvgIpc) is 2.94. The van der Waals surface area contributed by atoms with Gasteiger partial charge in [0.2, 0.25) is 0 Å². The SMILES string of the molecule is Cl.N#Cc1cc(-c2cc([C@H](CN)CC(=O)O)ccc2Cl)cs1. The fraction of sp³-hybridized carbons (Fsp3) is 0.200. The first kappa shape index (κ1) is 18.5. The average molecular weight is 357 g/mol. The largest absolute Gasteiger partial charge is 0.481 e. The van der Waals surface area contributed by atoms with Gasteiger partial charge < -0.3 is 10.8 Å². The number of carboxylic acids is 1. The zero-order valence-electron chi connectivity index (χ0n) is 11.5. The molecule has 0 aliphatic rings. The molecule has 1 heterocycles. The van der Waals surface area contributed by atoms with E-state index in [0.717, 1.165) is 16.7 Å². The van der Waals surface area contributed by atoms with Crippen molar-refractivity contribution in [2.45, 2.75) is 12.3 Å². The summed E-state index contributed by atoms with van der Waals surface area (Å²) in [7, 11) is 0. The molecule has 0 saturated heterocycles. The van der Waals surface area contributed by atoms with Crippen LogP contribution in [0.4, 0.5) is 0 Å². The number of rotatable bonds is 5. The fourth-order valence-electron chi connectivity index (χ4n) is 2.10. The third-order valence-corrected chi connectivity index (χ3v) is 4.35. The van der Waals surface area contributed by atoms with Crippen LogP contribution >= 0.6 is 35.3 Å². The molecule has 1 atom stereocenters. The minimum Gasteiger partial charge on any atom is -0.481 e. The number of nitrogens with two attached hydrogens (primary N) is 1. The van der Waals surface area contributed by atoms with Crippen molar-refractivity contribution in [2.24, 2.45) is 5.73 Å². The molecular weight excluding hydrogens is 343 g/mol. The van der Waals surface area contributed by atoms with E-state index in [0.29, 0.717) is 9.90 Å². The van der Waals surface area contributed by atoms with Crippen molar-refractivity contribution < 1.29 is 9.90 Å². The number of hydrogen-bond acceptors (Lipinski definition) is 4. The topological polar surface area (TPSA) is 87.1 Å². The number of hydrogen-bond donors (Lipinski definition) is 2. The summed E-state index contributed by atoms with van der Waals surface area (Å²) in [5.41, 5.74) is 8.15. The molecule has 0 unspecified atom stereocenters. The molecule has 0 radical (unpaired) electrons. The summed E-state index contributed by atoms with van der Waals surface area (Å²) in [4.78, 5) is 11.5. The van der Waals surface area contributed by atoms with Crippen LogP contribution in [-0.2, 0) is 4.79 Å². The second-order valence-corrected chi connectivity index (χ2v) is 5.90. The first-order chi connectivity index (χ1) is 10.0. The molecule has 0 fully saturated rings. The highest BCUT2D eigenvalue weighted by Gasteiger charge is 2.16. The van der Waals surface area contributed by atoms with Gasteiger partial charge >= 0.3 is 5.97 Å². The van der Waals surface area contributed by atoms with Crippen molar-refractivity contribution >= 4 is 41.3 Å². The van der Waals surface area contributed by atoms with Crippen molar-refractivity contribution in [3.05, 3.63) is 45.1 Å². The van der Waals surface area contributed by atoms with Crippen LogP contribution < -0.4 is 5.73 Å². The minimum absolute atomic E-state index is 0. The zero-order valence-corrected chi connectivity index (χ0v) is 13.8. The molecule has 0 aliphatic carbocycles. The van der Waals surface area contributed by atoms with Crippen molar-refractivity contribution in [3.63, 3.8) is 0 Å². The molecule has 0 saturated carbocycles. The van der Waals surface area contributed by atoms with E-state index in [4.69, 9.17) is 27.7 Å². The minimum atomic E-state index is -0.885. The summed E-state index contributed by atoms with van der Waals surface area (Å²) in [6.45, 7) is 0.250. The first-order valence-corrected chi connectivity index (χ1v) is 7.51. The van der Waals surface area contributed by atoms with E-state index < -0.39 is 5.97 Å². The number of thiophene rings is 1. The highest BCUT2D eigenvalue weighted by atomic mass is 35.5. The van der Waals surface area contributed by atoms with Crippen molar-refractivity contribution in [1.82, 2.24) is 0 Å². The lowest BCUT2D eigenvalue weighted by molar-refractivity contribution is -0.137. The maximum absolute atomic E-state index is 10.9. The number of aliphatic carboxylic acids is 1. The Morgan fingerprint density at radius 2 is 2.18 bits per heavy atom. The molecule has 7 heteroatoms. The molecule has 4 nitrogen and oxygen atoms in total. The molecule has 0 spiro atoms. The Labute approximate surface area is 143 Å². The summed E-state index contributed by atoms with van der Waals surface area (Å²) in [6.07, 6.45) is -0.0232. The van der Waals surface area contributed by atoms with Crippen LogP contribution in [-0.4, -0.2) is 17.6 Å². The summed E-state index contributed by atoms with van der Waals surface area (Å²) >= 11 is 7.56. The van der Waals surface area contributed by atoms with E-state index in [1.54, 1.807) is 18.2 Å². The normalized spacial score (nSPS) is 11.3. The molecule has 0 aliphatic heterocycles. The molecule has 3 N–H and O–H groups in total. The maximum Gasteiger partial charge on any atom is 0.304 e. The van der Waals surface area contributed by atoms with Crippen molar-refractivity contribution in [2.75, 3.05) is 6.54 Å². The maximum atomic E-state index is 10.9. The van der Waals surface area contributed by atoms with Gasteiger partial charge in [0.15, 0.2) is 0 Å². The van der Waals surface area contributed by atoms with Crippen LogP contribution in [0.15, 0.2) is 29.6 Å². The van der Waals surface area contributed by atoms with Gasteiger partial charge in [-0.05, 0) is 41.3 Å². The second-order valence-electron chi connectivity index (χ2n) is 4.58. The Kier molecular flexibility index (Phi) is 6.85. The van der Waals surface area contributed by atoms with E-state index in [1.165, 1.54) is 11.3 Å². The second kappa shape index (κ2) is 8.16. The number of carboxylic acid groups (broad SMARTS) is 1. The number of halogens is 2. The van der Waals surface area contributed by atoms with Crippen molar-refractivity contribution in [3.8, 4) is 17.2 Å². The lowest BCUT2D eigenvalue weighted by Gasteiger charge is -2.14. The van der Waals surface area contributed by atoms with E-state index >= 15 is 0 Å². The Morgan fingerprint density at radius 3 is 2.73 bits per heavy atom. The van der Waals surface area contributed by atoms with Crippen LogP contribution in [0.3, 0.4) is 0 Å². The highest BCUT2D eigenvalue weighted by Crippen LogP contribution is 2.34. The van der Waals surface area contributed by atoms with E-state index in [1.807, 2.05) is 11.4 Å². The van der Waals surface area contributed by atoms with Gasteiger partial charge in [0.05, 0.1) is 6.42 Å². The lowest BCUT2D eigenvalue weighted by Crippen LogP contribution is -2.16. The van der Waals surface area contributed by atoms with Gasteiger partial charge in [-0.15, -0.1) is 23.7 Å². The molecule has 0 bridgehead atoms. The van der Waals surface area contributed by atoms with E-state index in [9.17, 15) is 4.79 Å². The van der Waals surface area contributed by atoms with Gasteiger partial charge in [-0.3, -0.25) is 4.79 Å². The lowest BCUT2D eigenvalue weighted by atomic mass is 9.93. The Bertz CT molecular complexity index is 710. The Morgan fingerprint density at radius 1 is 1.45 bits per heavy atom. The quantitative estimate of drug-likeness (QED) is 0.850. The number of benzene rings is 1. The van der Waals surface area contributed by atoms with E-state index in [-0.39, 0.29) is 31.3 Å². The van der Waals surface area contributed by atoms with Crippen LogP contribution in [0.5, 0.6) is 0 Å².